The highest BCUT2D eigenvalue weighted by Crippen LogP contribution is 2.32. The average molecular weight is 318 g/mol. The van der Waals surface area contributed by atoms with E-state index in [4.69, 9.17) is 9.47 Å². The fourth-order valence-electron chi connectivity index (χ4n) is 2.92. The van der Waals surface area contributed by atoms with E-state index in [2.05, 4.69) is 60.7 Å². The lowest BCUT2D eigenvalue weighted by molar-refractivity contribution is 0.354. The van der Waals surface area contributed by atoms with E-state index in [1.165, 1.54) is 22.3 Å². The van der Waals surface area contributed by atoms with Gasteiger partial charge in [0.1, 0.15) is 0 Å². The fourth-order valence-corrected chi connectivity index (χ4v) is 2.92. The molecule has 0 N–H and O–H groups in total. The van der Waals surface area contributed by atoms with Crippen molar-refractivity contribution in [1.29, 1.82) is 0 Å². The summed E-state index contributed by atoms with van der Waals surface area (Å²) in [4.78, 5) is 0. The second kappa shape index (κ2) is 7.69. The normalized spacial score (nSPS) is 10.4. The second-order valence-corrected chi connectivity index (χ2v) is 5.80. The Balaban J connectivity index is 2.00. The van der Waals surface area contributed by atoms with Gasteiger partial charge in [-0.15, -0.1) is 0 Å². The molecule has 122 valence electrons. The molecule has 2 heteroatoms. The largest absolute Gasteiger partial charge is 0.493 e. The molecule has 3 rings (SSSR count). The molecule has 0 aliphatic heterocycles. The summed E-state index contributed by atoms with van der Waals surface area (Å²) in [5.41, 5.74) is 5.11. The summed E-state index contributed by atoms with van der Waals surface area (Å²) in [5.74, 6) is 1.56. The van der Waals surface area contributed by atoms with E-state index in [-0.39, 0.29) is 0 Å². The molecule has 0 bridgehead atoms. The van der Waals surface area contributed by atoms with Crippen LogP contribution in [0.2, 0.25) is 0 Å². The molecule has 0 saturated heterocycles. The quantitative estimate of drug-likeness (QED) is 0.644. The number of ether oxygens (including phenoxy) is 2. The van der Waals surface area contributed by atoms with E-state index in [9.17, 15) is 0 Å². The summed E-state index contributed by atoms with van der Waals surface area (Å²) < 4.78 is 11.0. The van der Waals surface area contributed by atoms with Crippen LogP contribution >= 0.6 is 0 Å². The summed E-state index contributed by atoms with van der Waals surface area (Å²) in [7, 11) is 3.36. The predicted molar refractivity (Wildman–Crippen MR) is 98.0 cm³/mol. The van der Waals surface area contributed by atoms with Gasteiger partial charge in [-0.3, -0.25) is 0 Å². The lowest BCUT2D eigenvalue weighted by Crippen LogP contribution is -2.01. The Morgan fingerprint density at radius 1 is 0.583 bits per heavy atom. The molecule has 0 atom stereocenters. The van der Waals surface area contributed by atoms with Crippen LogP contribution < -0.4 is 9.47 Å². The molecule has 0 aliphatic rings. The fraction of sp³-hybridized carbons (Fsp3) is 0.182. The number of hydrogen-bond donors (Lipinski definition) is 0. The third-order valence-corrected chi connectivity index (χ3v) is 4.18. The smallest absolute Gasteiger partial charge is 0.161 e. The van der Waals surface area contributed by atoms with Gasteiger partial charge in [-0.1, -0.05) is 60.7 Å². The topological polar surface area (TPSA) is 18.5 Å². The minimum absolute atomic E-state index is 0.778. The molecule has 0 unspecified atom stereocenters. The van der Waals surface area contributed by atoms with E-state index in [0.29, 0.717) is 0 Å². The number of benzene rings is 3. The zero-order valence-corrected chi connectivity index (χ0v) is 14.2. The Morgan fingerprint density at radius 2 is 0.958 bits per heavy atom. The third-order valence-electron chi connectivity index (χ3n) is 4.18. The Hall–Kier alpha value is -2.74. The van der Waals surface area contributed by atoms with E-state index >= 15 is 0 Å². The zero-order valence-electron chi connectivity index (χ0n) is 14.2. The van der Waals surface area contributed by atoms with Crippen LogP contribution in [-0.2, 0) is 12.8 Å². The van der Waals surface area contributed by atoms with E-state index < -0.39 is 0 Å². The third kappa shape index (κ3) is 3.77. The minimum Gasteiger partial charge on any atom is -0.493 e. The Labute approximate surface area is 143 Å². The molecule has 0 spiro atoms. The molecule has 3 aromatic rings. The molecular weight excluding hydrogens is 296 g/mol. The van der Waals surface area contributed by atoms with Crippen LogP contribution in [0.25, 0.3) is 0 Å². The Morgan fingerprint density at radius 3 is 1.29 bits per heavy atom. The molecule has 0 fully saturated rings. The summed E-state index contributed by atoms with van der Waals surface area (Å²) >= 11 is 0. The first kappa shape index (κ1) is 16.1. The van der Waals surface area contributed by atoms with Crippen molar-refractivity contribution in [3.8, 4) is 11.5 Å². The number of hydrogen-bond acceptors (Lipinski definition) is 2. The first-order valence-corrected chi connectivity index (χ1v) is 8.12. The van der Waals surface area contributed by atoms with Crippen LogP contribution in [-0.4, -0.2) is 14.2 Å². The van der Waals surface area contributed by atoms with Crippen LogP contribution in [0, 0.1) is 0 Å². The van der Waals surface area contributed by atoms with Gasteiger partial charge < -0.3 is 9.47 Å². The van der Waals surface area contributed by atoms with Gasteiger partial charge in [0.25, 0.3) is 0 Å². The second-order valence-electron chi connectivity index (χ2n) is 5.80. The highest BCUT2D eigenvalue weighted by molar-refractivity contribution is 5.50. The van der Waals surface area contributed by atoms with Crippen LogP contribution in [0.1, 0.15) is 22.3 Å². The molecule has 0 amide bonds. The Kier molecular flexibility index (Phi) is 5.17. The van der Waals surface area contributed by atoms with Gasteiger partial charge in [0, 0.05) is 0 Å². The molecule has 0 saturated carbocycles. The van der Waals surface area contributed by atoms with Crippen molar-refractivity contribution in [3.63, 3.8) is 0 Å². The SMILES string of the molecule is COc1cc(Cc2ccccc2)c(Cc2ccccc2)cc1OC. The summed E-state index contributed by atoms with van der Waals surface area (Å²) in [6, 6.07) is 25.2. The molecule has 2 nitrogen and oxygen atoms in total. The van der Waals surface area contributed by atoms with E-state index in [1.807, 2.05) is 12.1 Å². The standard InChI is InChI=1S/C22H22O2/c1-23-21-15-19(13-17-9-5-3-6-10-17)20(16-22(21)24-2)14-18-11-7-4-8-12-18/h3-12,15-16H,13-14H2,1-2H3. The van der Waals surface area contributed by atoms with Crippen molar-refractivity contribution < 1.29 is 9.47 Å². The van der Waals surface area contributed by atoms with Crippen molar-refractivity contribution >= 4 is 0 Å². The minimum atomic E-state index is 0.778. The van der Waals surface area contributed by atoms with Gasteiger partial charge in [-0.2, -0.15) is 0 Å². The van der Waals surface area contributed by atoms with E-state index in [1.54, 1.807) is 14.2 Å². The first-order valence-electron chi connectivity index (χ1n) is 8.12. The van der Waals surface area contributed by atoms with Gasteiger partial charge in [0.15, 0.2) is 11.5 Å². The summed E-state index contributed by atoms with van der Waals surface area (Å²) in [6.07, 6.45) is 1.76. The molecule has 0 heterocycles. The van der Waals surface area contributed by atoms with Crippen LogP contribution in [0.4, 0.5) is 0 Å². The maximum Gasteiger partial charge on any atom is 0.161 e. The molecular formula is C22H22O2. The average Bonchev–Trinajstić information content (AvgIpc) is 2.64. The summed E-state index contributed by atoms with van der Waals surface area (Å²) in [5, 5.41) is 0. The molecule has 0 aliphatic carbocycles. The molecule has 0 radical (unpaired) electrons. The van der Waals surface area contributed by atoms with Gasteiger partial charge in [-0.05, 0) is 47.2 Å². The molecule has 3 aromatic carbocycles. The zero-order chi connectivity index (χ0) is 16.8. The maximum atomic E-state index is 5.49. The van der Waals surface area contributed by atoms with Gasteiger partial charge in [0.05, 0.1) is 14.2 Å². The van der Waals surface area contributed by atoms with Crippen molar-refractivity contribution in [3.05, 3.63) is 95.1 Å². The summed E-state index contributed by atoms with van der Waals surface area (Å²) in [6.45, 7) is 0. The highest BCUT2D eigenvalue weighted by atomic mass is 16.5. The maximum absolute atomic E-state index is 5.49. The van der Waals surface area contributed by atoms with Gasteiger partial charge in [-0.25, -0.2) is 0 Å². The Bertz CT molecular complexity index is 711. The first-order chi connectivity index (χ1) is 11.8. The van der Waals surface area contributed by atoms with Crippen molar-refractivity contribution in [2.75, 3.05) is 14.2 Å². The molecule has 24 heavy (non-hydrogen) atoms. The molecule has 0 aromatic heterocycles. The van der Waals surface area contributed by atoms with Crippen molar-refractivity contribution in [2.24, 2.45) is 0 Å². The predicted octanol–water partition coefficient (Wildman–Crippen LogP) is 4.89. The highest BCUT2D eigenvalue weighted by Gasteiger charge is 2.12. The lowest BCUT2D eigenvalue weighted by atomic mass is 9.94. The van der Waals surface area contributed by atoms with Gasteiger partial charge >= 0.3 is 0 Å². The van der Waals surface area contributed by atoms with Crippen molar-refractivity contribution in [2.45, 2.75) is 12.8 Å². The van der Waals surface area contributed by atoms with Gasteiger partial charge in [0.2, 0.25) is 0 Å². The lowest BCUT2D eigenvalue weighted by Gasteiger charge is -2.15. The number of rotatable bonds is 6. The van der Waals surface area contributed by atoms with Crippen LogP contribution in [0.15, 0.2) is 72.8 Å². The number of methoxy groups -OCH3 is 2. The van der Waals surface area contributed by atoms with E-state index in [0.717, 1.165) is 24.3 Å². The van der Waals surface area contributed by atoms with Crippen LogP contribution in [0.3, 0.4) is 0 Å². The monoisotopic (exact) mass is 318 g/mol. The van der Waals surface area contributed by atoms with Crippen LogP contribution in [0.5, 0.6) is 11.5 Å². The van der Waals surface area contributed by atoms with Crippen molar-refractivity contribution in [1.82, 2.24) is 0 Å².